The third-order valence-electron chi connectivity index (χ3n) is 1.68. The fourth-order valence-corrected chi connectivity index (χ4v) is 1.69. The minimum Gasteiger partial charge on any atom is -0.487 e. The molecule has 3 nitrogen and oxygen atoms in total. The van der Waals surface area contributed by atoms with Gasteiger partial charge in [0.1, 0.15) is 12.4 Å². The molecule has 0 amide bonds. The molecule has 0 heterocycles. The first-order valence-corrected chi connectivity index (χ1v) is 5.65. The van der Waals surface area contributed by atoms with Crippen molar-refractivity contribution in [2.75, 3.05) is 6.61 Å². The van der Waals surface area contributed by atoms with E-state index < -0.39 is 5.97 Å². The van der Waals surface area contributed by atoms with E-state index in [4.69, 9.17) is 33.0 Å². The molecule has 0 aliphatic heterocycles. The molecule has 0 unspecified atom stereocenters. The summed E-state index contributed by atoms with van der Waals surface area (Å²) in [5, 5.41) is 9.35. The molecule has 0 radical (unpaired) electrons. The van der Waals surface area contributed by atoms with Gasteiger partial charge in [-0.05, 0) is 22.0 Å². The van der Waals surface area contributed by atoms with Gasteiger partial charge in [0, 0.05) is 10.5 Å². The van der Waals surface area contributed by atoms with Crippen LogP contribution < -0.4 is 4.74 Å². The van der Waals surface area contributed by atoms with Crippen molar-refractivity contribution in [3.05, 3.63) is 38.8 Å². The average molecular weight is 326 g/mol. The summed E-state index contributed by atoms with van der Waals surface area (Å²) >= 11 is 14.9. The molecule has 0 bridgehead atoms. The molecule has 0 aromatic heterocycles. The first kappa shape index (κ1) is 13.4. The van der Waals surface area contributed by atoms with Crippen molar-refractivity contribution in [2.24, 2.45) is 0 Å². The third kappa shape index (κ3) is 3.40. The lowest BCUT2D eigenvalue weighted by atomic mass is 10.3. The van der Waals surface area contributed by atoms with Crippen molar-refractivity contribution in [1.29, 1.82) is 0 Å². The van der Waals surface area contributed by atoms with Gasteiger partial charge in [0.15, 0.2) is 0 Å². The molecule has 86 valence electrons. The number of carbonyl (C=O) groups is 1. The van der Waals surface area contributed by atoms with Crippen molar-refractivity contribution < 1.29 is 14.6 Å². The molecule has 1 aromatic carbocycles. The van der Waals surface area contributed by atoms with Crippen LogP contribution in [-0.2, 0) is 4.79 Å². The molecule has 0 fully saturated rings. The Kier molecular flexibility index (Phi) is 4.65. The van der Waals surface area contributed by atoms with Gasteiger partial charge in [-0.3, -0.25) is 0 Å². The molecule has 1 aromatic rings. The lowest BCUT2D eigenvalue weighted by Crippen LogP contribution is -2.09. The Balaban J connectivity index is 2.78. The first-order chi connectivity index (χ1) is 7.41. The highest BCUT2D eigenvalue weighted by Crippen LogP contribution is 2.34. The van der Waals surface area contributed by atoms with Crippen LogP contribution in [0.15, 0.2) is 28.8 Å². The molecule has 0 atom stereocenters. The molecule has 0 spiro atoms. The second-order valence-electron chi connectivity index (χ2n) is 2.89. The van der Waals surface area contributed by atoms with E-state index in [-0.39, 0.29) is 12.2 Å². The minimum atomic E-state index is -1.11. The number of carboxylic acids is 1. The van der Waals surface area contributed by atoms with Gasteiger partial charge in [0.2, 0.25) is 0 Å². The maximum Gasteiger partial charge on any atom is 0.334 e. The lowest BCUT2D eigenvalue weighted by molar-refractivity contribution is -0.133. The summed E-state index contributed by atoms with van der Waals surface area (Å²) in [5.74, 6) is -0.795. The molecule has 6 heteroatoms. The normalized spacial score (nSPS) is 9.94. The Bertz CT molecular complexity index is 446. The van der Waals surface area contributed by atoms with Crippen LogP contribution in [-0.4, -0.2) is 17.7 Å². The van der Waals surface area contributed by atoms with Crippen molar-refractivity contribution in [3.8, 4) is 5.75 Å². The van der Waals surface area contributed by atoms with Crippen LogP contribution in [0.2, 0.25) is 10.0 Å². The summed E-state index contributed by atoms with van der Waals surface area (Å²) in [5.41, 5.74) is -0.0601. The highest BCUT2D eigenvalue weighted by atomic mass is 79.9. The van der Waals surface area contributed by atoms with E-state index in [1.54, 1.807) is 6.07 Å². The Morgan fingerprint density at radius 3 is 2.62 bits per heavy atom. The number of aliphatic carboxylic acids is 1. The van der Waals surface area contributed by atoms with Crippen LogP contribution in [0.4, 0.5) is 0 Å². The van der Waals surface area contributed by atoms with Crippen LogP contribution in [0.1, 0.15) is 0 Å². The molecular formula is C10H7BrCl2O3. The highest BCUT2D eigenvalue weighted by Gasteiger charge is 2.09. The lowest BCUT2D eigenvalue weighted by Gasteiger charge is -2.09. The van der Waals surface area contributed by atoms with Crippen LogP contribution in [0, 0.1) is 0 Å². The predicted octanol–water partition coefficient (Wildman–Crippen LogP) is 3.78. The summed E-state index contributed by atoms with van der Waals surface area (Å²) in [6.07, 6.45) is 0. The van der Waals surface area contributed by atoms with Gasteiger partial charge in [-0.15, -0.1) is 0 Å². The second kappa shape index (κ2) is 5.57. The van der Waals surface area contributed by atoms with E-state index >= 15 is 0 Å². The molecular weight excluding hydrogens is 319 g/mol. The summed E-state index contributed by atoms with van der Waals surface area (Å²) in [6.45, 7) is 3.18. The number of carboxylic acid groups (broad SMARTS) is 1. The fourth-order valence-electron chi connectivity index (χ4n) is 0.842. The largest absolute Gasteiger partial charge is 0.487 e. The summed E-state index contributed by atoms with van der Waals surface area (Å²) in [4.78, 5) is 10.5. The van der Waals surface area contributed by atoms with Crippen LogP contribution in [0.5, 0.6) is 5.75 Å². The zero-order chi connectivity index (χ0) is 12.3. The van der Waals surface area contributed by atoms with Gasteiger partial charge in [-0.25, -0.2) is 4.79 Å². The molecule has 0 aliphatic rings. The summed E-state index contributed by atoms with van der Waals surface area (Å²) in [7, 11) is 0. The fraction of sp³-hybridized carbons (Fsp3) is 0.100. The summed E-state index contributed by atoms with van der Waals surface area (Å²) in [6, 6.07) is 3.08. The van der Waals surface area contributed by atoms with E-state index in [0.29, 0.717) is 20.3 Å². The number of benzene rings is 1. The van der Waals surface area contributed by atoms with Crippen LogP contribution >= 0.6 is 39.1 Å². The van der Waals surface area contributed by atoms with E-state index in [0.717, 1.165) is 0 Å². The van der Waals surface area contributed by atoms with E-state index in [9.17, 15) is 4.79 Å². The maximum absolute atomic E-state index is 10.5. The standard InChI is InChI=1S/C10H7BrCl2O3/c1-5(10(14)15)4-16-9-3-7(12)6(11)2-8(9)13/h2-3H,1,4H2,(H,14,15). The van der Waals surface area contributed by atoms with Gasteiger partial charge in [0.25, 0.3) is 0 Å². The maximum atomic E-state index is 10.5. The average Bonchev–Trinajstić information content (AvgIpc) is 2.20. The second-order valence-corrected chi connectivity index (χ2v) is 4.56. The molecule has 0 saturated heterocycles. The number of hydrogen-bond acceptors (Lipinski definition) is 2. The topological polar surface area (TPSA) is 46.5 Å². The van der Waals surface area contributed by atoms with Gasteiger partial charge in [0.05, 0.1) is 15.6 Å². The quantitative estimate of drug-likeness (QED) is 0.677. The van der Waals surface area contributed by atoms with Crippen molar-refractivity contribution in [3.63, 3.8) is 0 Å². The Morgan fingerprint density at radius 2 is 2.06 bits per heavy atom. The van der Waals surface area contributed by atoms with Gasteiger partial charge >= 0.3 is 5.97 Å². The van der Waals surface area contributed by atoms with Crippen molar-refractivity contribution in [1.82, 2.24) is 0 Å². The monoisotopic (exact) mass is 324 g/mol. The first-order valence-electron chi connectivity index (χ1n) is 4.10. The van der Waals surface area contributed by atoms with Crippen LogP contribution in [0.25, 0.3) is 0 Å². The van der Waals surface area contributed by atoms with Gasteiger partial charge < -0.3 is 9.84 Å². The highest BCUT2D eigenvalue weighted by molar-refractivity contribution is 9.10. The number of hydrogen-bond donors (Lipinski definition) is 1. The Labute approximate surface area is 111 Å². The third-order valence-corrected chi connectivity index (χ3v) is 3.17. The number of ether oxygens (including phenoxy) is 1. The van der Waals surface area contributed by atoms with E-state index in [1.165, 1.54) is 6.07 Å². The Morgan fingerprint density at radius 1 is 1.44 bits per heavy atom. The molecule has 1 rings (SSSR count). The zero-order valence-corrected chi connectivity index (χ0v) is 11.1. The number of rotatable bonds is 4. The smallest absolute Gasteiger partial charge is 0.334 e. The van der Waals surface area contributed by atoms with E-state index in [2.05, 4.69) is 22.5 Å². The van der Waals surface area contributed by atoms with Crippen LogP contribution in [0.3, 0.4) is 0 Å². The SMILES string of the molecule is C=C(COc1cc(Cl)c(Br)cc1Cl)C(=O)O. The molecule has 0 saturated carbocycles. The predicted molar refractivity (Wildman–Crippen MR) is 66.4 cm³/mol. The molecule has 0 aliphatic carbocycles. The van der Waals surface area contributed by atoms with E-state index in [1.807, 2.05) is 0 Å². The summed E-state index contributed by atoms with van der Waals surface area (Å²) < 4.78 is 5.82. The minimum absolute atomic E-state index is 0.0601. The molecule has 16 heavy (non-hydrogen) atoms. The van der Waals surface area contributed by atoms with Gasteiger partial charge in [-0.1, -0.05) is 29.8 Å². The zero-order valence-electron chi connectivity index (χ0n) is 7.97. The van der Waals surface area contributed by atoms with Crippen molar-refractivity contribution >= 4 is 45.1 Å². The van der Waals surface area contributed by atoms with Gasteiger partial charge in [-0.2, -0.15) is 0 Å². The van der Waals surface area contributed by atoms with Crippen molar-refractivity contribution in [2.45, 2.75) is 0 Å². The molecule has 1 N–H and O–H groups in total. The number of halogens is 3. The Hall–Kier alpha value is -0.710.